The molecular formula is C24H33BrN2O3. The molecule has 1 heterocycles. The molecule has 0 bridgehead atoms. The lowest BCUT2D eigenvalue weighted by Gasteiger charge is -2.43. The minimum atomic E-state index is 0.0120. The Labute approximate surface area is 188 Å². The highest BCUT2D eigenvalue weighted by Gasteiger charge is 2.34. The van der Waals surface area contributed by atoms with E-state index in [1.54, 1.807) is 0 Å². The Kier molecular flexibility index (Phi) is 9.40. The third-order valence-corrected chi connectivity index (χ3v) is 6.54. The van der Waals surface area contributed by atoms with Crippen molar-refractivity contribution in [3.8, 4) is 0 Å². The van der Waals surface area contributed by atoms with Crippen LogP contribution in [0, 0.1) is 0 Å². The van der Waals surface area contributed by atoms with Crippen molar-refractivity contribution in [2.45, 2.75) is 63.5 Å². The van der Waals surface area contributed by atoms with Gasteiger partial charge in [-0.1, -0.05) is 46.1 Å². The van der Waals surface area contributed by atoms with Gasteiger partial charge in [-0.3, -0.25) is 14.5 Å². The topological polar surface area (TPSA) is 58.6 Å². The fourth-order valence-corrected chi connectivity index (χ4v) is 5.12. The molecule has 2 aliphatic rings. The maximum atomic E-state index is 13.0. The molecule has 2 atom stereocenters. The monoisotopic (exact) mass is 476 g/mol. The second-order valence-electron chi connectivity index (χ2n) is 8.18. The molecule has 3 rings (SSSR count). The van der Waals surface area contributed by atoms with Gasteiger partial charge in [0.25, 0.3) is 12.4 Å². The molecule has 5 nitrogen and oxygen atoms in total. The number of alkyl halides is 1. The smallest absolute Gasteiger partial charge is 0.293 e. The van der Waals surface area contributed by atoms with Gasteiger partial charge in [-0.05, 0) is 75.7 Å². The molecule has 1 aromatic carbocycles. The molecule has 1 aliphatic heterocycles. The Morgan fingerprint density at radius 3 is 2.63 bits per heavy atom. The van der Waals surface area contributed by atoms with Gasteiger partial charge in [-0.25, -0.2) is 0 Å². The third kappa shape index (κ3) is 6.42. The third-order valence-electron chi connectivity index (χ3n) is 6.14. The minimum Gasteiger partial charge on any atom is -0.468 e. The van der Waals surface area contributed by atoms with Crippen LogP contribution < -0.4 is 5.32 Å². The molecule has 0 radical (unpaired) electrons. The summed E-state index contributed by atoms with van der Waals surface area (Å²) in [4.78, 5) is 26.0. The second kappa shape index (κ2) is 12.3. The van der Waals surface area contributed by atoms with Crippen LogP contribution in [0.3, 0.4) is 0 Å². The number of rotatable bonds is 10. The van der Waals surface area contributed by atoms with E-state index in [0.29, 0.717) is 13.1 Å². The van der Waals surface area contributed by atoms with Gasteiger partial charge in [0.05, 0.1) is 12.6 Å². The van der Waals surface area contributed by atoms with Gasteiger partial charge in [0, 0.05) is 16.9 Å². The molecule has 164 valence electrons. The number of amides is 1. The van der Waals surface area contributed by atoms with E-state index in [2.05, 4.69) is 32.2 Å². The van der Waals surface area contributed by atoms with Crippen LogP contribution in [0.15, 0.2) is 35.9 Å². The number of hydrogen-bond donors (Lipinski definition) is 1. The summed E-state index contributed by atoms with van der Waals surface area (Å²) in [5.74, 6) is 0.0120. The second-order valence-corrected chi connectivity index (χ2v) is 8.98. The molecule has 0 saturated carbocycles. The summed E-state index contributed by atoms with van der Waals surface area (Å²) < 4.78 is 4.89. The highest BCUT2D eigenvalue weighted by Crippen LogP contribution is 2.29. The van der Waals surface area contributed by atoms with Gasteiger partial charge in [0.15, 0.2) is 0 Å². The summed E-state index contributed by atoms with van der Waals surface area (Å²) >= 11 is 3.46. The Balaban J connectivity index is 1.69. The molecule has 2 unspecified atom stereocenters. The first-order valence-electron chi connectivity index (χ1n) is 11.2. The summed E-state index contributed by atoms with van der Waals surface area (Å²) in [5, 5.41) is 4.27. The lowest BCUT2D eigenvalue weighted by molar-refractivity contribution is -0.128. The Morgan fingerprint density at radius 1 is 1.17 bits per heavy atom. The average molecular weight is 477 g/mol. The predicted molar refractivity (Wildman–Crippen MR) is 123 cm³/mol. The molecule has 30 heavy (non-hydrogen) atoms. The molecular weight excluding hydrogens is 444 g/mol. The number of ether oxygens (including phenoxy) is 1. The number of carbonyl (C=O) groups is 2. The lowest BCUT2D eigenvalue weighted by Crippen LogP contribution is -2.55. The summed E-state index contributed by atoms with van der Waals surface area (Å²) in [5.41, 5.74) is 3.34. The van der Waals surface area contributed by atoms with Gasteiger partial charge in [-0.15, -0.1) is 0 Å². The number of nitrogens with zero attached hydrogens (tertiary/aromatic N) is 1. The van der Waals surface area contributed by atoms with Crippen molar-refractivity contribution in [3.63, 3.8) is 0 Å². The lowest BCUT2D eigenvalue weighted by atomic mass is 9.84. The summed E-state index contributed by atoms with van der Waals surface area (Å²) in [6.45, 7) is 3.13. The van der Waals surface area contributed by atoms with Crippen molar-refractivity contribution in [1.82, 2.24) is 10.2 Å². The Bertz CT molecular complexity index is 714. The van der Waals surface area contributed by atoms with Crippen molar-refractivity contribution < 1.29 is 14.3 Å². The van der Waals surface area contributed by atoms with Crippen LogP contribution in [0.25, 0.3) is 0 Å². The predicted octanol–water partition coefficient (Wildman–Crippen LogP) is 4.25. The summed E-state index contributed by atoms with van der Waals surface area (Å²) in [6.07, 6.45) is 10.7. The molecule has 1 amide bonds. The van der Waals surface area contributed by atoms with Crippen molar-refractivity contribution in [2.24, 2.45) is 0 Å². The van der Waals surface area contributed by atoms with Crippen molar-refractivity contribution >= 4 is 28.3 Å². The number of hydrogen-bond acceptors (Lipinski definition) is 4. The first-order chi connectivity index (χ1) is 14.7. The summed E-state index contributed by atoms with van der Waals surface area (Å²) in [6, 6.07) is 8.30. The first kappa shape index (κ1) is 23.0. The van der Waals surface area contributed by atoms with E-state index < -0.39 is 0 Å². The van der Waals surface area contributed by atoms with Crippen LogP contribution in [0.1, 0.15) is 60.9 Å². The molecule has 1 fully saturated rings. The van der Waals surface area contributed by atoms with Crippen LogP contribution in [0.2, 0.25) is 0 Å². The van der Waals surface area contributed by atoms with Gasteiger partial charge >= 0.3 is 0 Å². The number of likely N-dealkylation sites (tertiary alicyclic amines) is 1. The number of allylic oxidation sites excluding steroid dienone is 1. The normalized spacial score (nSPS) is 22.2. The van der Waals surface area contributed by atoms with E-state index in [-0.39, 0.29) is 18.0 Å². The van der Waals surface area contributed by atoms with Crippen LogP contribution in [0.4, 0.5) is 0 Å². The zero-order chi connectivity index (χ0) is 21.2. The van der Waals surface area contributed by atoms with Crippen molar-refractivity contribution in [2.75, 3.05) is 25.0 Å². The highest BCUT2D eigenvalue weighted by atomic mass is 79.9. The standard InChI is InChI=1S/C24H33BrN2O3/c25-14-13-19-9-11-21(12-10-19)24(29)26-22-8-4-6-20(7-5-17-30-18-28)23(22)27-15-2-1-3-16-27/h6,9-12,18,22-23H,1-5,7-8,13-17H2,(H,26,29). The number of nitrogens with one attached hydrogen (secondary N) is 1. The van der Waals surface area contributed by atoms with E-state index >= 15 is 0 Å². The van der Waals surface area contributed by atoms with Gasteiger partial charge in [0.2, 0.25) is 0 Å². The van der Waals surface area contributed by atoms with E-state index in [1.165, 1.54) is 30.4 Å². The molecule has 1 aliphatic carbocycles. The maximum Gasteiger partial charge on any atom is 0.293 e. The van der Waals surface area contributed by atoms with Gasteiger partial charge < -0.3 is 10.1 Å². The van der Waals surface area contributed by atoms with Gasteiger partial charge in [-0.2, -0.15) is 0 Å². The Morgan fingerprint density at radius 2 is 1.93 bits per heavy atom. The van der Waals surface area contributed by atoms with E-state index in [4.69, 9.17) is 4.74 Å². The fraction of sp³-hybridized carbons (Fsp3) is 0.583. The summed E-state index contributed by atoms with van der Waals surface area (Å²) in [7, 11) is 0. The largest absolute Gasteiger partial charge is 0.468 e. The number of piperidine rings is 1. The van der Waals surface area contributed by atoms with Crippen LogP contribution in [0.5, 0.6) is 0 Å². The SMILES string of the molecule is O=COCCCC1=CCCC(NC(=O)c2ccc(CCBr)cc2)C1N1CCCCC1. The van der Waals surface area contributed by atoms with Gasteiger partial charge in [0.1, 0.15) is 0 Å². The average Bonchev–Trinajstić information content (AvgIpc) is 2.78. The van der Waals surface area contributed by atoms with Crippen LogP contribution in [-0.2, 0) is 16.0 Å². The molecule has 1 N–H and O–H groups in total. The van der Waals surface area contributed by atoms with Crippen LogP contribution in [-0.4, -0.2) is 54.4 Å². The maximum absolute atomic E-state index is 13.0. The molecule has 6 heteroatoms. The quantitative estimate of drug-likeness (QED) is 0.237. The number of carbonyl (C=O) groups excluding carboxylic acids is 2. The number of halogens is 1. The number of benzene rings is 1. The zero-order valence-electron chi connectivity index (χ0n) is 17.7. The molecule has 1 aromatic rings. The minimum absolute atomic E-state index is 0.0120. The zero-order valence-corrected chi connectivity index (χ0v) is 19.2. The molecule has 0 aromatic heterocycles. The molecule has 1 saturated heterocycles. The van der Waals surface area contributed by atoms with E-state index in [0.717, 1.165) is 56.1 Å². The van der Waals surface area contributed by atoms with Crippen molar-refractivity contribution in [3.05, 3.63) is 47.0 Å². The van der Waals surface area contributed by atoms with E-state index in [9.17, 15) is 9.59 Å². The van der Waals surface area contributed by atoms with Crippen LogP contribution >= 0.6 is 15.9 Å². The number of aryl methyl sites for hydroxylation is 1. The van der Waals surface area contributed by atoms with E-state index in [1.807, 2.05) is 24.3 Å². The van der Waals surface area contributed by atoms with Crippen molar-refractivity contribution in [1.29, 1.82) is 0 Å². The first-order valence-corrected chi connectivity index (χ1v) is 12.3. The fourth-order valence-electron chi connectivity index (χ4n) is 4.66. The highest BCUT2D eigenvalue weighted by molar-refractivity contribution is 9.09. The Hall–Kier alpha value is -1.66. The molecule has 0 spiro atoms.